The highest BCUT2D eigenvalue weighted by Gasteiger charge is 2.39. The van der Waals surface area contributed by atoms with Crippen molar-refractivity contribution in [1.29, 1.82) is 0 Å². The average Bonchev–Trinajstić information content (AvgIpc) is 3.00. The van der Waals surface area contributed by atoms with Crippen LogP contribution < -0.4 is 15.0 Å². The second-order valence-electron chi connectivity index (χ2n) is 7.45. The molecule has 2 amide bonds. The van der Waals surface area contributed by atoms with Gasteiger partial charge in [0.15, 0.2) is 0 Å². The van der Waals surface area contributed by atoms with Crippen LogP contribution in [-0.2, 0) is 9.59 Å². The lowest BCUT2D eigenvalue weighted by Crippen LogP contribution is -2.32. The van der Waals surface area contributed by atoms with Gasteiger partial charge in [-0.3, -0.25) is 9.59 Å². The zero-order chi connectivity index (χ0) is 23.7. The predicted molar refractivity (Wildman–Crippen MR) is 128 cm³/mol. The van der Waals surface area contributed by atoms with Gasteiger partial charge in [-0.05, 0) is 67.4 Å². The van der Waals surface area contributed by atoms with Crippen molar-refractivity contribution in [2.45, 2.75) is 13.8 Å². The third-order valence-electron chi connectivity index (χ3n) is 5.06. The van der Waals surface area contributed by atoms with E-state index < -0.39 is 17.8 Å². The molecule has 0 bridgehead atoms. The Morgan fingerprint density at radius 2 is 1.61 bits per heavy atom. The molecule has 3 aromatic carbocycles. The van der Waals surface area contributed by atoms with Crippen molar-refractivity contribution in [3.63, 3.8) is 0 Å². The Kier molecular flexibility index (Phi) is 6.22. The van der Waals surface area contributed by atoms with Crippen LogP contribution in [0.2, 0.25) is 5.02 Å². The Hall–Kier alpha value is -3.61. The normalized spacial score (nSPS) is 13.5. The van der Waals surface area contributed by atoms with Gasteiger partial charge in [0.2, 0.25) is 0 Å². The van der Waals surface area contributed by atoms with E-state index >= 15 is 0 Å². The van der Waals surface area contributed by atoms with Crippen LogP contribution in [0.1, 0.15) is 21.5 Å². The molecule has 1 aliphatic rings. The molecule has 6 nitrogen and oxygen atoms in total. The monoisotopic (exact) mass is 480 g/mol. The molecular weight excluding hydrogens is 463 g/mol. The molecule has 0 aliphatic carbocycles. The molecule has 0 spiro atoms. The number of carbonyl (C=O) groups excluding carboxylic acids is 3. The maximum absolute atomic E-state index is 12.9. The summed E-state index contributed by atoms with van der Waals surface area (Å²) in [6.45, 7) is 3.78. The van der Waals surface area contributed by atoms with Gasteiger partial charge < -0.3 is 10.1 Å². The minimum atomic E-state index is -0.675. The molecule has 0 fully saturated rings. The number of carbonyl (C=O) groups is 3. The van der Waals surface area contributed by atoms with Crippen LogP contribution in [-0.4, -0.2) is 17.8 Å². The van der Waals surface area contributed by atoms with Crippen LogP contribution in [0.5, 0.6) is 5.75 Å². The maximum Gasteiger partial charge on any atom is 0.343 e. The molecule has 8 heteroatoms. The molecular formula is C25H18Cl2N2O4. The van der Waals surface area contributed by atoms with Gasteiger partial charge in [0.05, 0.1) is 16.3 Å². The highest BCUT2D eigenvalue weighted by molar-refractivity contribution is 6.53. The average molecular weight is 481 g/mol. The lowest BCUT2D eigenvalue weighted by Gasteiger charge is -2.16. The Morgan fingerprint density at radius 1 is 0.909 bits per heavy atom. The number of ether oxygens (including phenoxy) is 1. The predicted octanol–water partition coefficient (Wildman–Crippen LogP) is 5.61. The molecule has 0 radical (unpaired) electrons. The van der Waals surface area contributed by atoms with Crippen LogP contribution >= 0.6 is 23.2 Å². The number of aryl methyl sites for hydroxylation is 2. The van der Waals surface area contributed by atoms with Gasteiger partial charge in [-0.15, -0.1) is 0 Å². The highest BCUT2D eigenvalue weighted by atomic mass is 35.5. The van der Waals surface area contributed by atoms with Gasteiger partial charge in [-0.25, -0.2) is 9.69 Å². The summed E-state index contributed by atoms with van der Waals surface area (Å²) in [7, 11) is 0. The fraction of sp³-hybridized carbons (Fsp3) is 0.0800. The van der Waals surface area contributed by atoms with E-state index in [-0.39, 0.29) is 21.4 Å². The number of nitrogens with zero attached hydrogens (tertiary/aromatic N) is 1. The number of imide groups is 1. The Bertz CT molecular complexity index is 1320. The number of amides is 2. The van der Waals surface area contributed by atoms with E-state index in [9.17, 15) is 14.4 Å². The van der Waals surface area contributed by atoms with E-state index in [0.717, 1.165) is 16.0 Å². The third-order valence-corrected chi connectivity index (χ3v) is 5.73. The van der Waals surface area contributed by atoms with Crippen molar-refractivity contribution in [2.75, 3.05) is 10.2 Å². The van der Waals surface area contributed by atoms with Gasteiger partial charge in [-0.1, -0.05) is 47.5 Å². The molecule has 0 saturated carbocycles. The van der Waals surface area contributed by atoms with E-state index in [1.54, 1.807) is 54.6 Å². The minimum Gasteiger partial charge on any atom is -0.423 e. The second kappa shape index (κ2) is 9.10. The third kappa shape index (κ3) is 4.49. The minimum absolute atomic E-state index is 0.0766. The summed E-state index contributed by atoms with van der Waals surface area (Å²) >= 11 is 12.3. The summed E-state index contributed by atoms with van der Waals surface area (Å²) in [5.74, 6) is -1.32. The summed E-state index contributed by atoms with van der Waals surface area (Å²) < 4.78 is 5.50. The fourth-order valence-electron chi connectivity index (χ4n) is 3.27. The number of anilines is 2. The number of esters is 1. The van der Waals surface area contributed by atoms with E-state index in [2.05, 4.69) is 5.32 Å². The van der Waals surface area contributed by atoms with Crippen LogP contribution in [0.25, 0.3) is 0 Å². The van der Waals surface area contributed by atoms with Gasteiger partial charge in [0.25, 0.3) is 11.8 Å². The van der Waals surface area contributed by atoms with Crippen molar-refractivity contribution in [1.82, 2.24) is 0 Å². The first-order valence-electron chi connectivity index (χ1n) is 9.96. The molecule has 0 aromatic heterocycles. The first kappa shape index (κ1) is 22.6. The molecule has 4 rings (SSSR count). The lowest BCUT2D eigenvalue weighted by molar-refractivity contribution is -0.120. The van der Waals surface area contributed by atoms with Gasteiger partial charge in [-0.2, -0.15) is 0 Å². The molecule has 0 saturated heterocycles. The van der Waals surface area contributed by atoms with Crippen LogP contribution in [0.4, 0.5) is 11.4 Å². The number of nitrogens with one attached hydrogen (secondary N) is 1. The van der Waals surface area contributed by atoms with Crippen LogP contribution in [0.15, 0.2) is 77.5 Å². The molecule has 33 heavy (non-hydrogen) atoms. The standard InChI is InChI=1S/C25H18Cl2N2O4/c1-14-7-8-15(2)20(13-14)33-25(32)16-9-11-17(12-10-16)28-22-21(27)23(30)29(24(22)31)19-6-4-3-5-18(19)26/h3-13,28H,1-2H3. The SMILES string of the molecule is Cc1ccc(C)c(OC(=O)c2ccc(NC3=C(Cl)C(=O)N(c4ccccc4Cl)C3=O)cc2)c1. The maximum atomic E-state index is 12.9. The number of para-hydroxylation sites is 1. The first-order valence-corrected chi connectivity index (χ1v) is 10.7. The van der Waals surface area contributed by atoms with E-state index in [1.165, 1.54) is 0 Å². The molecule has 0 unspecified atom stereocenters. The highest BCUT2D eigenvalue weighted by Crippen LogP contribution is 2.34. The summed E-state index contributed by atoms with van der Waals surface area (Å²) in [5.41, 5.74) is 2.79. The van der Waals surface area contributed by atoms with Gasteiger partial charge >= 0.3 is 5.97 Å². The van der Waals surface area contributed by atoms with Crippen molar-refractivity contribution in [3.8, 4) is 5.75 Å². The van der Waals surface area contributed by atoms with Crippen molar-refractivity contribution < 1.29 is 19.1 Å². The Labute approximate surface area is 200 Å². The Balaban J connectivity index is 1.50. The quantitative estimate of drug-likeness (QED) is 0.291. The topological polar surface area (TPSA) is 75.7 Å². The summed E-state index contributed by atoms with van der Waals surface area (Å²) in [4.78, 5) is 38.9. The van der Waals surface area contributed by atoms with Gasteiger partial charge in [0, 0.05) is 5.69 Å². The molecule has 166 valence electrons. The van der Waals surface area contributed by atoms with Gasteiger partial charge in [0.1, 0.15) is 16.5 Å². The fourth-order valence-corrected chi connectivity index (χ4v) is 3.71. The zero-order valence-electron chi connectivity index (χ0n) is 17.7. The summed E-state index contributed by atoms with van der Waals surface area (Å²) in [6, 6.07) is 18.4. The second-order valence-corrected chi connectivity index (χ2v) is 8.23. The first-order chi connectivity index (χ1) is 15.8. The van der Waals surface area contributed by atoms with Crippen molar-refractivity contribution >= 4 is 52.4 Å². The lowest BCUT2D eigenvalue weighted by atomic mass is 10.1. The van der Waals surface area contributed by atoms with E-state index in [4.69, 9.17) is 27.9 Å². The summed E-state index contributed by atoms with van der Waals surface area (Å²) in [5, 5.41) is 2.86. The smallest absolute Gasteiger partial charge is 0.343 e. The Morgan fingerprint density at radius 3 is 2.30 bits per heavy atom. The largest absolute Gasteiger partial charge is 0.423 e. The number of halogens is 2. The van der Waals surface area contributed by atoms with Crippen LogP contribution in [0.3, 0.4) is 0 Å². The number of rotatable bonds is 5. The molecule has 3 aromatic rings. The number of benzene rings is 3. The van der Waals surface area contributed by atoms with Crippen molar-refractivity contribution in [2.24, 2.45) is 0 Å². The van der Waals surface area contributed by atoms with Crippen LogP contribution in [0, 0.1) is 13.8 Å². The van der Waals surface area contributed by atoms with E-state index in [0.29, 0.717) is 17.0 Å². The number of hydrogen-bond acceptors (Lipinski definition) is 5. The summed E-state index contributed by atoms with van der Waals surface area (Å²) in [6.07, 6.45) is 0. The van der Waals surface area contributed by atoms with Crippen molar-refractivity contribution in [3.05, 3.63) is 99.2 Å². The van der Waals surface area contributed by atoms with E-state index in [1.807, 2.05) is 26.0 Å². The molecule has 1 aliphatic heterocycles. The number of hydrogen-bond donors (Lipinski definition) is 1. The zero-order valence-corrected chi connectivity index (χ0v) is 19.2. The molecule has 0 atom stereocenters. The molecule has 1 heterocycles. The molecule has 1 N–H and O–H groups in total.